The van der Waals surface area contributed by atoms with Crippen LogP contribution in [0.2, 0.25) is 5.15 Å². The number of rotatable bonds is 5. The number of alkyl halides is 1. The minimum atomic E-state index is -0.997. The molecule has 1 aliphatic heterocycles. The highest BCUT2D eigenvalue weighted by molar-refractivity contribution is 6.29. The first-order valence-corrected chi connectivity index (χ1v) is 13.9. The fourth-order valence-corrected chi connectivity index (χ4v) is 7.18. The molecule has 2 aromatic heterocycles. The molecule has 6 rings (SSSR count). The van der Waals surface area contributed by atoms with Crippen LogP contribution in [0.3, 0.4) is 0 Å². The fraction of sp³-hybridized carbons (Fsp3) is 0.500. The Labute approximate surface area is 235 Å². The molecular weight excluding hydrogens is 539 g/mol. The summed E-state index contributed by atoms with van der Waals surface area (Å²) in [4.78, 5) is 22.2. The van der Waals surface area contributed by atoms with Crippen LogP contribution in [-0.2, 0) is 18.3 Å². The van der Waals surface area contributed by atoms with Gasteiger partial charge in [-0.2, -0.15) is 10.2 Å². The van der Waals surface area contributed by atoms with E-state index in [4.69, 9.17) is 20.9 Å². The van der Waals surface area contributed by atoms with Gasteiger partial charge in [0.1, 0.15) is 29.1 Å². The molecule has 12 heteroatoms. The number of nitriles is 1. The smallest absolute Gasteiger partial charge is 0.287 e. The van der Waals surface area contributed by atoms with Gasteiger partial charge in [-0.05, 0) is 70.0 Å². The van der Waals surface area contributed by atoms with E-state index in [0.29, 0.717) is 49.2 Å². The number of hydrogen-bond donors (Lipinski definition) is 0. The van der Waals surface area contributed by atoms with Crippen molar-refractivity contribution in [2.24, 2.45) is 0 Å². The van der Waals surface area contributed by atoms with E-state index in [0.717, 1.165) is 30.4 Å². The van der Waals surface area contributed by atoms with Gasteiger partial charge in [0.15, 0.2) is 17.3 Å². The lowest BCUT2D eigenvalue weighted by atomic mass is 9.61. The number of nitro groups is 1. The lowest BCUT2D eigenvalue weighted by Gasteiger charge is -2.40. The van der Waals surface area contributed by atoms with Crippen molar-refractivity contribution < 1.29 is 18.6 Å². The minimum Gasteiger partial charge on any atom is -0.473 e. The quantitative estimate of drug-likeness (QED) is 0.228. The van der Waals surface area contributed by atoms with E-state index in [9.17, 15) is 19.8 Å². The third-order valence-corrected chi connectivity index (χ3v) is 8.86. The molecule has 3 aromatic rings. The predicted molar refractivity (Wildman–Crippen MR) is 143 cm³/mol. The second-order valence-electron chi connectivity index (χ2n) is 10.9. The van der Waals surface area contributed by atoms with Crippen molar-refractivity contribution >= 4 is 17.3 Å². The zero-order valence-corrected chi connectivity index (χ0v) is 22.9. The van der Waals surface area contributed by atoms with Crippen LogP contribution in [0.4, 0.5) is 10.1 Å². The van der Waals surface area contributed by atoms with Crippen LogP contribution in [0.25, 0.3) is 11.5 Å². The zero-order valence-electron chi connectivity index (χ0n) is 22.2. The number of fused-ring (bicyclic) bond motifs is 4. The van der Waals surface area contributed by atoms with Crippen LogP contribution in [0.15, 0.2) is 22.7 Å². The number of nitrogens with zero attached hydrogens (tertiary/aromatic N) is 6. The average Bonchev–Trinajstić information content (AvgIpc) is 3.51. The van der Waals surface area contributed by atoms with Gasteiger partial charge in [0.25, 0.3) is 5.69 Å². The Hall–Kier alpha value is -3.62. The molecule has 0 N–H and O–H groups in total. The maximum Gasteiger partial charge on any atom is 0.287 e. The minimum absolute atomic E-state index is 0.0831. The van der Waals surface area contributed by atoms with E-state index in [2.05, 4.69) is 21.2 Å². The summed E-state index contributed by atoms with van der Waals surface area (Å²) >= 11 is 6.37. The Bertz CT molecular complexity index is 1530. The summed E-state index contributed by atoms with van der Waals surface area (Å²) in [6.07, 6.45) is 3.32. The number of likely N-dealkylation sites (N-methyl/N-ethyl adjacent to an activating group) is 1. The molecule has 10 nitrogen and oxygen atoms in total. The second kappa shape index (κ2) is 10.1. The fourth-order valence-electron chi connectivity index (χ4n) is 7.01. The summed E-state index contributed by atoms with van der Waals surface area (Å²) in [5.74, 6) is 1.03. The third kappa shape index (κ3) is 4.21. The van der Waals surface area contributed by atoms with Crippen molar-refractivity contribution in [2.45, 2.75) is 75.6 Å². The van der Waals surface area contributed by atoms with Gasteiger partial charge in [0.05, 0.1) is 16.4 Å². The summed E-state index contributed by atoms with van der Waals surface area (Å²) in [5, 5.41) is 26.3. The summed E-state index contributed by atoms with van der Waals surface area (Å²) < 4.78 is 26.6. The maximum absolute atomic E-state index is 14.5. The number of aryl methyl sites for hydroxylation is 1. The van der Waals surface area contributed by atoms with Gasteiger partial charge >= 0.3 is 0 Å². The lowest BCUT2D eigenvalue weighted by molar-refractivity contribution is -0.385. The first-order chi connectivity index (χ1) is 19.2. The van der Waals surface area contributed by atoms with Crippen LogP contribution in [0.1, 0.15) is 67.0 Å². The van der Waals surface area contributed by atoms with Crippen molar-refractivity contribution in [3.8, 4) is 23.5 Å². The van der Waals surface area contributed by atoms with Gasteiger partial charge in [-0.15, -0.1) is 0 Å². The number of likely N-dealkylation sites (tertiary alicyclic amines) is 1. The van der Waals surface area contributed by atoms with Gasteiger partial charge in [0, 0.05) is 24.2 Å². The highest BCUT2D eigenvalue weighted by Gasteiger charge is 2.49. The van der Waals surface area contributed by atoms with Crippen LogP contribution in [0.5, 0.6) is 5.88 Å². The van der Waals surface area contributed by atoms with Crippen molar-refractivity contribution in [3.05, 3.63) is 61.5 Å². The van der Waals surface area contributed by atoms with Crippen molar-refractivity contribution in [3.63, 3.8) is 0 Å². The largest absolute Gasteiger partial charge is 0.473 e. The molecule has 0 radical (unpaired) electrons. The van der Waals surface area contributed by atoms with Gasteiger partial charge in [0.2, 0.25) is 5.88 Å². The van der Waals surface area contributed by atoms with E-state index in [1.807, 2.05) is 18.9 Å². The number of halogens is 2. The highest BCUT2D eigenvalue weighted by atomic mass is 35.5. The molecule has 208 valence electrons. The van der Waals surface area contributed by atoms with Gasteiger partial charge in [-0.3, -0.25) is 15.0 Å². The molecule has 0 amide bonds. The lowest BCUT2D eigenvalue weighted by Crippen LogP contribution is -2.42. The first-order valence-electron chi connectivity index (χ1n) is 13.5. The molecule has 3 aliphatic rings. The van der Waals surface area contributed by atoms with Gasteiger partial charge in [-0.25, -0.2) is 9.37 Å². The van der Waals surface area contributed by atoms with E-state index in [-0.39, 0.29) is 28.1 Å². The van der Waals surface area contributed by atoms with Crippen molar-refractivity contribution in [1.29, 1.82) is 5.26 Å². The predicted octanol–water partition coefficient (Wildman–Crippen LogP) is 5.33. The normalized spacial score (nSPS) is 24.8. The summed E-state index contributed by atoms with van der Waals surface area (Å²) in [6, 6.07) is 6.39. The number of nitro benzene ring substituents is 1. The van der Waals surface area contributed by atoms with Crippen LogP contribution >= 0.6 is 11.6 Å². The van der Waals surface area contributed by atoms with Crippen LogP contribution < -0.4 is 4.74 Å². The molecule has 1 aromatic carbocycles. The number of ether oxygens (including phenoxy) is 1. The van der Waals surface area contributed by atoms with Crippen LogP contribution in [0, 0.1) is 21.4 Å². The highest BCUT2D eigenvalue weighted by Crippen LogP contribution is 2.53. The molecule has 1 spiro atoms. The summed E-state index contributed by atoms with van der Waals surface area (Å²) in [7, 11) is 1.87. The standard InChI is InChI=1S/C28H28ClFN6O4/c1-15(25-19(30)9-12-35(25)2)39-22-13-21(29)32-27(33-22)24-17-6-4-11-28(26(17)40-34-24)10-3-5-16-7-8-20(36(37)38)18(14-31)23(16)28/h7-8,13,15,19,25H,3-6,9-12H2,1-2H3/t15?,19-,25+,28?/m0/s1. The van der Waals surface area contributed by atoms with E-state index >= 15 is 0 Å². The van der Waals surface area contributed by atoms with Crippen molar-refractivity contribution in [1.82, 2.24) is 20.0 Å². The van der Waals surface area contributed by atoms with Gasteiger partial charge in [-0.1, -0.05) is 22.8 Å². The number of hydrogen-bond acceptors (Lipinski definition) is 9. The third-order valence-electron chi connectivity index (χ3n) is 8.67. The average molecular weight is 567 g/mol. The summed E-state index contributed by atoms with van der Waals surface area (Å²) in [5.41, 5.74) is 1.99. The molecule has 0 bridgehead atoms. The molecule has 0 saturated carbocycles. The molecule has 4 atom stereocenters. The van der Waals surface area contributed by atoms with E-state index in [1.54, 1.807) is 6.07 Å². The molecule has 1 saturated heterocycles. The Morgan fingerprint density at radius 2 is 2.10 bits per heavy atom. The topological polar surface area (TPSA) is 131 Å². The summed E-state index contributed by atoms with van der Waals surface area (Å²) in [6.45, 7) is 2.46. The molecule has 1 fully saturated rings. The maximum atomic E-state index is 14.5. The Morgan fingerprint density at radius 1 is 1.32 bits per heavy atom. The molecule has 40 heavy (non-hydrogen) atoms. The molecule has 3 heterocycles. The zero-order chi connectivity index (χ0) is 28.2. The molecule has 2 aliphatic carbocycles. The Morgan fingerprint density at radius 3 is 2.80 bits per heavy atom. The van der Waals surface area contributed by atoms with Gasteiger partial charge < -0.3 is 9.26 Å². The van der Waals surface area contributed by atoms with Crippen molar-refractivity contribution in [2.75, 3.05) is 13.6 Å². The molecular formula is C28H28ClFN6O4. The van der Waals surface area contributed by atoms with E-state index in [1.165, 1.54) is 12.1 Å². The van der Waals surface area contributed by atoms with Crippen LogP contribution in [-0.4, -0.2) is 56.9 Å². The van der Waals surface area contributed by atoms with E-state index < -0.39 is 28.7 Å². The second-order valence-corrected chi connectivity index (χ2v) is 11.3. The number of benzene rings is 1. The number of aromatic nitrogens is 3. The Balaban J connectivity index is 1.41. The molecule has 2 unspecified atom stereocenters. The Kier molecular flexibility index (Phi) is 6.71. The monoisotopic (exact) mass is 566 g/mol. The SMILES string of the molecule is CC(Oc1cc(Cl)nc(-c2noc3c2CCCC32CCCc3ccc([N+](=O)[O-])c(C#N)c32)n1)[C@@H]1[C@@H](F)CCN1C. The first kappa shape index (κ1) is 26.6.